The highest BCUT2D eigenvalue weighted by atomic mass is 16.7. The summed E-state index contributed by atoms with van der Waals surface area (Å²) in [4.78, 5) is 11.6. The quantitative estimate of drug-likeness (QED) is 0.593. The van der Waals surface area contributed by atoms with Crippen molar-refractivity contribution in [2.45, 2.75) is 38.9 Å². The van der Waals surface area contributed by atoms with Crippen molar-refractivity contribution in [3.8, 4) is 0 Å². The van der Waals surface area contributed by atoms with Crippen LogP contribution < -0.4 is 5.46 Å². The van der Waals surface area contributed by atoms with Gasteiger partial charge in [0.15, 0.2) is 0 Å². The highest BCUT2D eigenvalue weighted by Crippen LogP contribution is 2.36. The molecule has 0 aliphatic carbocycles. The van der Waals surface area contributed by atoms with Crippen LogP contribution in [-0.4, -0.2) is 36.0 Å². The molecule has 1 aliphatic heterocycles. The van der Waals surface area contributed by atoms with Crippen LogP contribution in [0.4, 0.5) is 0 Å². The number of hydrogen-bond donors (Lipinski definition) is 0. The second-order valence-corrected chi connectivity index (χ2v) is 5.85. The Labute approximate surface area is 114 Å². The van der Waals surface area contributed by atoms with E-state index in [-0.39, 0.29) is 17.2 Å². The Morgan fingerprint density at radius 1 is 1.26 bits per heavy atom. The van der Waals surface area contributed by atoms with Crippen LogP contribution in [-0.2, 0) is 21.1 Å². The molecule has 0 saturated carbocycles. The third kappa shape index (κ3) is 2.30. The molecule has 6 heteroatoms. The van der Waals surface area contributed by atoms with E-state index < -0.39 is 7.12 Å². The summed E-state index contributed by atoms with van der Waals surface area (Å²) in [6.07, 6.45) is 1.83. The number of ether oxygens (including phenoxy) is 1. The summed E-state index contributed by atoms with van der Waals surface area (Å²) < 4.78 is 18.3. The van der Waals surface area contributed by atoms with Crippen LogP contribution in [0, 0.1) is 0 Å². The smallest absolute Gasteiger partial charge is 0.464 e. The maximum Gasteiger partial charge on any atom is 0.496 e. The summed E-state index contributed by atoms with van der Waals surface area (Å²) in [7, 11) is 2.69. The molecule has 0 aromatic carbocycles. The van der Waals surface area contributed by atoms with Crippen molar-refractivity contribution in [3.05, 3.63) is 18.0 Å². The Kier molecular flexibility index (Phi) is 3.27. The summed E-state index contributed by atoms with van der Waals surface area (Å²) in [6, 6.07) is 1.74. The lowest BCUT2D eigenvalue weighted by Gasteiger charge is -2.32. The first-order chi connectivity index (χ1) is 8.68. The molecule has 2 heterocycles. The van der Waals surface area contributed by atoms with Crippen LogP contribution in [0.15, 0.2) is 12.3 Å². The van der Waals surface area contributed by atoms with Gasteiger partial charge in [0.2, 0.25) is 0 Å². The molecule has 0 radical (unpaired) electrons. The molecular formula is C13H20BNO4. The summed E-state index contributed by atoms with van der Waals surface area (Å²) in [5, 5.41) is 0. The minimum atomic E-state index is -0.463. The minimum absolute atomic E-state index is 0.370. The van der Waals surface area contributed by atoms with Crippen molar-refractivity contribution in [1.82, 2.24) is 4.57 Å². The van der Waals surface area contributed by atoms with Gasteiger partial charge in [0, 0.05) is 18.7 Å². The third-order valence-corrected chi connectivity index (χ3v) is 3.95. The number of hydrogen-bond acceptors (Lipinski definition) is 4. The molecule has 2 rings (SSSR count). The van der Waals surface area contributed by atoms with Gasteiger partial charge in [0.05, 0.1) is 18.3 Å². The van der Waals surface area contributed by atoms with E-state index in [2.05, 4.69) is 0 Å². The Morgan fingerprint density at radius 3 is 2.26 bits per heavy atom. The van der Waals surface area contributed by atoms with Crippen molar-refractivity contribution in [2.75, 3.05) is 7.11 Å². The summed E-state index contributed by atoms with van der Waals surface area (Å²) in [6.45, 7) is 7.99. The van der Waals surface area contributed by atoms with Crippen molar-refractivity contribution >= 4 is 18.6 Å². The standard InChI is InChI=1S/C13H20BNO4/c1-12(2)13(3,4)19-14(18-12)9-7-10(11(16)17-6)15(5)8-9/h7-8H,1-6H3. The van der Waals surface area contributed by atoms with E-state index in [4.69, 9.17) is 14.0 Å². The molecule has 0 spiro atoms. The molecule has 1 aromatic rings. The maximum absolute atomic E-state index is 11.6. The predicted molar refractivity (Wildman–Crippen MR) is 72.5 cm³/mol. The van der Waals surface area contributed by atoms with Crippen molar-refractivity contribution < 1.29 is 18.8 Å². The van der Waals surface area contributed by atoms with Crippen LogP contribution >= 0.6 is 0 Å². The lowest BCUT2D eigenvalue weighted by atomic mass is 9.81. The molecule has 0 unspecified atom stereocenters. The molecule has 19 heavy (non-hydrogen) atoms. The average Bonchev–Trinajstić information content (AvgIpc) is 2.77. The Balaban J connectivity index is 2.28. The second kappa shape index (κ2) is 4.39. The molecule has 0 amide bonds. The molecule has 1 saturated heterocycles. The maximum atomic E-state index is 11.6. The van der Waals surface area contributed by atoms with Gasteiger partial charge in [-0.3, -0.25) is 0 Å². The molecule has 5 nitrogen and oxygen atoms in total. The summed E-state index contributed by atoms with van der Waals surface area (Å²) in [5.74, 6) is -0.370. The first kappa shape index (κ1) is 14.2. The van der Waals surface area contributed by atoms with E-state index in [1.165, 1.54) is 7.11 Å². The van der Waals surface area contributed by atoms with E-state index in [1.54, 1.807) is 17.7 Å². The minimum Gasteiger partial charge on any atom is -0.464 e. The zero-order valence-corrected chi connectivity index (χ0v) is 12.3. The molecule has 1 aromatic heterocycles. The lowest BCUT2D eigenvalue weighted by molar-refractivity contribution is 0.00578. The number of aromatic nitrogens is 1. The Hall–Kier alpha value is -1.27. The van der Waals surface area contributed by atoms with Crippen molar-refractivity contribution in [2.24, 2.45) is 7.05 Å². The normalized spacial score (nSPS) is 20.6. The molecular weight excluding hydrogens is 245 g/mol. The first-order valence-electron chi connectivity index (χ1n) is 6.28. The fraction of sp³-hybridized carbons (Fsp3) is 0.615. The van der Waals surface area contributed by atoms with Crippen molar-refractivity contribution in [3.63, 3.8) is 0 Å². The van der Waals surface area contributed by atoms with Gasteiger partial charge >= 0.3 is 13.1 Å². The van der Waals surface area contributed by atoms with E-state index in [9.17, 15) is 4.79 Å². The molecule has 104 valence electrons. The van der Waals surface area contributed by atoms with Gasteiger partial charge < -0.3 is 18.6 Å². The largest absolute Gasteiger partial charge is 0.496 e. The number of nitrogens with zero attached hydrogens (tertiary/aromatic N) is 1. The highest BCUT2D eigenvalue weighted by molar-refractivity contribution is 6.62. The van der Waals surface area contributed by atoms with Gasteiger partial charge in [0.1, 0.15) is 5.69 Å². The van der Waals surface area contributed by atoms with Crippen LogP contribution in [0.2, 0.25) is 0 Å². The first-order valence-corrected chi connectivity index (χ1v) is 6.28. The van der Waals surface area contributed by atoms with Gasteiger partial charge in [-0.2, -0.15) is 0 Å². The Morgan fingerprint density at radius 2 is 1.79 bits per heavy atom. The number of esters is 1. The average molecular weight is 265 g/mol. The van der Waals surface area contributed by atoms with Gasteiger partial charge in [-0.05, 0) is 33.8 Å². The number of aryl methyl sites for hydroxylation is 1. The van der Waals surface area contributed by atoms with Gasteiger partial charge in [-0.1, -0.05) is 0 Å². The SMILES string of the molecule is COC(=O)c1cc(B2OC(C)(C)C(C)(C)O2)cn1C. The number of methoxy groups -OCH3 is 1. The monoisotopic (exact) mass is 265 g/mol. The van der Waals surface area contributed by atoms with Crippen molar-refractivity contribution in [1.29, 1.82) is 0 Å². The fourth-order valence-electron chi connectivity index (χ4n) is 2.01. The van der Waals surface area contributed by atoms with E-state index >= 15 is 0 Å². The zero-order chi connectivity index (χ0) is 14.4. The highest BCUT2D eigenvalue weighted by Gasteiger charge is 2.52. The van der Waals surface area contributed by atoms with Gasteiger partial charge in [-0.25, -0.2) is 4.79 Å². The second-order valence-electron chi connectivity index (χ2n) is 5.85. The predicted octanol–water partition coefficient (Wildman–Crippen LogP) is 1.11. The summed E-state index contributed by atoms with van der Waals surface area (Å²) >= 11 is 0. The van der Waals surface area contributed by atoms with Crippen LogP contribution in [0.5, 0.6) is 0 Å². The molecule has 0 atom stereocenters. The van der Waals surface area contributed by atoms with Crippen LogP contribution in [0.25, 0.3) is 0 Å². The number of carbonyl (C=O) groups is 1. The molecule has 0 bridgehead atoms. The molecule has 1 fully saturated rings. The van der Waals surface area contributed by atoms with E-state index in [0.29, 0.717) is 5.69 Å². The zero-order valence-electron chi connectivity index (χ0n) is 12.3. The fourth-order valence-corrected chi connectivity index (χ4v) is 2.01. The topological polar surface area (TPSA) is 49.7 Å². The molecule has 0 N–H and O–H groups in total. The van der Waals surface area contributed by atoms with E-state index in [0.717, 1.165) is 5.46 Å². The van der Waals surface area contributed by atoms with E-state index in [1.807, 2.05) is 33.9 Å². The number of carbonyl (C=O) groups excluding carboxylic acids is 1. The van der Waals surface area contributed by atoms with Crippen LogP contribution in [0.1, 0.15) is 38.2 Å². The lowest BCUT2D eigenvalue weighted by Crippen LogP contribution is -2.41. The molecule has 1 aliphatic rings. The van der Waals surface area contributed by atoms with Crippen LogP contribution in [0.3, 0.4) is 0 Å². The summed E-state index contributed by atoms with van der Waals surface area (Å²) in [5.41, 5.74) is 0.520. The van der Waals surface area contributed by atoms with Gasteiger partial charge in [0.25, 0.3) is 0 Å². The van der Waals surface area contributed by atoms with Gasteiger partial charge in [-0.15, -0.1) is 0 Å². The number of rotatable bonds is 2. The third-order valence-electron chi connectivity index (χ3n) is 3.95. The Bertz CT molecular complexity index is 491.